The molecule has 0 radical (unpaired) electrons. The van der Waals surface area contributed by atoms with Crippen molar-refractivity contribution in [1.82, 2.24) is 5.32 Å². The van der Waals surface area contributed by atoms with Crippen molar-refractivity contribution in [2.75, 3.05) is 12.0 Å². The molecule has 1 N–H and O–H groups in total. The first-order valence-electron chi connectivity index (χ1n) is 11.6. The third kappa shape index (κ3) is 5.01. The number of hydrogen-bond acceptors (Lipinski definition) is 4. The number of fused-ring (bicyclic) bond motifs is 2. The van der Waals surface area contributed by atoms with Crippen LogP contribution >= 0.6 is 0 Å². The van der Waals surface area contributed by atoms with E-state index < -0.39 is 10.8 Å². The second kappa shape index (κ2) is 10.4. The molecule has 0 saturated carbocycles. The molecule has 0 bridgehead atoms. The Bertz CT molecular complexity index is 1500. The Labute approximate surface area is 216 Å². The SMILES string of the molecule is COc1ccc(CNC(=O)c2ccc3c(c2)N(Cc2ccc(F)cc2)C(=O)c2ccccc2[S@@]3=O)cc1. The van der Waals surface area contributed by atoms with Gasteiger partial charge in [0.2, 0.25) is 0 Å². The number of nitrogens with zero attached hydrogens (tertiary/aromatic N) is 1. The van der Waals surface area contributed by atoms with Crippen molar-refractivity contribution in [3.05, 3.63) is 119 Å². The molecule has 186 valence electrons. The van der Waals surface area contributed by atoms with E-state index >= 15 is 0 Å². The topological polar surface area (TPSA) is 75.7 Å². The van der Waals surface area contributed by atoms with Gasteiger partial charge in [0.05, 0.1) is 45.5 Å². The molecule has 1 heterocycles. The van der Waals surface area contributed by atoms with Crippen molar-refractivity contribution >= 4 is 28.3 Å². The average Bonchev–Trinajstić information content (AvgIpc) is 3.02. The maximum atomic E-state index is 13.7. The lowest BCUT2D eigenvalue weighted by Crippen LogP contribution is -2.31. The molecule has 0 aromatic heterocycles. The zero-order valence-corrected chi connectivity index (χ0v) is 20.8. The summed E-state index contributed by atoms with van der Waals surface area (Å²) in [4.78, 5) is 29.0. The number of methoxy groups -OCH3 is 1. The first-order valence-corrected chi connectivity index (χ1v) is 12.7. The second-order valence-corrected chi connectivity index (χ2v) is 9.91. The molecule has 0 spiro atoms. The van der Waals surface area contributed by atoms with Crippen LogP contribution in [0.25, 0.3) is 0 Å². The third-order valence-corrected chi connectivity index (χ3v) is 7.64. The van der Waals surface area contributed by atoms with E-state index in [0.717, 1.165) is 11.3 Å². The summed E-state index contributed by atoms with van der Waals surface area (Å²) in [5.74, 6) is -0.336. The fourth-order valence-electron chi connectivity index (χ4n) is 4.16. The van der Waals surface area contributed by atoms with Gasteiger partial charge in [-0.3, -0.25) is 9.59 Å². The fourth-order valence-corrected chi connectivity index (χ4v) is 5.51. The van der Waals surface area contributed by atoms with Crippen LogP contribution in [0.15, 0.2) is 101 Å². The van der Waals surface area contributed by atoms with Crippen LogP contribution in [0.5, 0.6) is 5.75 Å². The monoisotopic (exact) mass is 514 g/mol. The number of ether oxygens (including phenoxy) is 1. The van der Waals surface area contributed by atoms with Crippen LogP contribution in [0, 0.1) is 5.82 Å². The summed E-state index contributed by atoms with van der Waals surface area (Å²) in [5, 5.41) is 2.88. The Balaban J connectivity index is 1.49. The zero-order valence-electron chi connectivity index (χ0n) is 19.9. The number of anilines is 1. The Morgan fingerprint density at radius 3 is 2.35 bits per heavy atom. The predicted octanol–water partition coefficient (Wildman–Crippen LogP) is 5.09. The first kappa shape index (κ1) is 24.4. The van der Waals surface area contributed by atoms with Crippen LogP contribution in [0.2, 0.25) is 0 Å². The molecule has 37 heavy (non-hydrogen) atoms. The van der Waals surface area contributed by atoms with Crippen molar-refractivity contribution in [1.29, 1.82) is 0 Å². The molecule has 6 nitrogen and oxygen atoms in total. The van der Waals surface area contributed by atoms with Gasteiger partial charge in [-0.1, -0.05) is 36.4 Å². The lowest BCUT2D eigenvalue weighted by molar-refractivity contribution is 0.0947. The van der Waals surface area contributed by atoms with Gasteiger partial charge in [-0.05, 0) is 65.7 Å². The van der Waals surface area contributed by atoms with Gasteiger partial charge in [0, 0.05) is 12.1 Å². The van der Waals surface area contributed by atoms with Crippen molar-refractivity contribution in [2.45, 2.75) is 22.9 Å². The van der Waals surface area contributed by atoms with Crippen LogP contribution in [0.3, 0.4) is 0 Å². The number of carbonyl (C=O) groups is 2. The molecule has 4 aromatic rings. The summed E-state index contributed by atoms with van der Waals surface area (Å²) in [7, 11) is -0.0467. The lowest BCUT2D eigenvalue weighted by Gasteiger charge is -2.23. The highest BCUT2D eigenvalue weighted by Crippen LogP contribution is 2.36. The Morgan fingerprint density at radius 2 is 1.62 bits per heavy atom. The quantitative estimate of drug-likeness (QED) is 0.389. The number of hydrogen-bond donors (Lipinski definition) is 1. The highest BCUT2D eigenvalue weighted by Gasteiger charge is 2.31. The molecule has 1 aliphatic rings. The van der Waals surface area contributed by atoms with E-state index in [-0.39, 0.29) is 24.2 Å². The lowest BCUT2D eigenvalue weighted by atomic mass is 10.1. The Morgan fingerprint density at radius 1 is 0.919 bits per heavy atom. The van der Waals surface area contributed by atoms with E-state index in [1.54, 1.807) is 61.7 Å². The largest absolute Gasteiger partial charge is 0.497 e. The highest BCUT2D eigenvalue weighted by atomic mass is 32.2. The smallest absolute Gasteiger partial charge is 0.259 e. The van der Waals surface area contributed by atoms with E-state index in [9.17, 15) is 18.2 Å². The molecule has 0 saturated heterocycles. The van der Waals surface area contributed by atoms with E-state index in [1.807, 2.05) is 24.3 Å². The predicted molar refractivity (Wildman–Crippen MR) is 139 cm³/mol. The summed E-state index contributed by atoms with van der Waals surface area (Å²) < 4.78 is 32.2. The number of carbonyl (C=O) groups excluding carboxylic acids is 2. The molecule has 0 aliphatic carbocycles. The molecule has 2 amide bonds. The molecule has 4 aromatic carbocycles. The van der Waals surface area contributed by atoms with Gasteiger partial charge in [-0.15, -0.1) is 0 Å². The Kier molecular flexibility index (Phi) is 6.83. The molecular weight excluding hydrogens is 491 g/mol. The summed E-state index contributed by atoms with van der Waals surface area (Å²) in [5.41, 5.74) is 2.62. The minimum absolute atomic E-state index is 0.120. The summed E-state index contributed by atoms with van der Waals surface area (Å²) in [6.45, 7) is 0.421. The number of benzene rings is 4. The van der Waals surface area contributed by atoms with E-state index in [4.69, 9.17) is 4.74 Å². The molecule has 1 aliphatic heterocycles. The van der Waals surface area contributed by atoms with Gasteiger partial charge in [-0.2, -0.15) is 0 Å². The summed E-state index contributed by atoms with van der Waals surface area (Å²) in [6.07, 6.45) is 0. The molecule has 0 fully saturated rings. The van der Waals surface area contributed by atoms with Crippen LogP contribution in [-0.4, -0.2) is 23.1 Å². The number of rotatable bonds is 6. The molecule has 1 atom stereocenters. The van der Waals surface area contributed by atoms with Crippen molar-refractivity contribution in [3.63, 3.8) is 0 Å². The van der Waals surface area contributed by atoms with Gasteiger partial charge in [0.1, 0.15) is 11.6 Å². The fraction of sp³-hybridized carbons (Fsp3) is 0.103. The molecule has 0 unspecified atom stereocenters. The summed E-state index contributed by atoms with van der Waals surface area (Å²) >= 11 is 0. The van der Waals surface area contributed by atoms with Gasteiger partial charge in [0.15, 0.2) is 0 Å². The third-order valence-electron chi connectivity index (χ3n) is 6.14. The van der Waals surface area contributed by atoms with Crippen molar-refractivity contribution < 1.29 is 22.9 Å². The minimum Gasteiger partial charge on any atom is -0.497 e. The van der Waals surface area contributed by atoms with Crippen LogP contribution in [-0.2, 0) is 23.9 Å². The first-order chi connectivity index (χ1) is 17.9. The van der Waals surface area contributed by atoms with Crippen molar-refractivity contribution in [2.24, 2.45) is 0 Å². The van der Waals surface area contributed by atoms with Gasteiger partial charge in [0.25, 0.3) is 11.8 Å². The van der Waals surface area contributed by atoms with E-state index in [0.29, 0.717) is 38.7 Å². The molecular formula is C29H23FN2O4S. The maximum Gasteiger partial charge on any atom is 0.259 e. The highest BCUT2D eigenvalue weighted by molar-refractivity contribution is 7.85. The van der Waals surface area contributed by atoms with Crippen LogP contribution in [0.1, 0.15) is 31.8 Å². The van der Waals surface area contributed by atoms with Gasteiger partial charge in [-0.25, -0.2) is 8.60 Å². The number of amides is 2. The van der Waals surface area contributed by atoms with Gasteiger partial charge < -0.3 is 15.0 Å². The number of nitrogens with one attached hydrogen (secondary N) is 1. The minimum atomic E-state index is -1.63. The normalized spacial score (nSPS) is 14.4. The second-order valence-electron chi connectivity index (χ2n) is 8.50. The Hall–Kier alpha value is -4.30. The zero-order chi connectivity index (χ0) is 25.9. The van der Waals surface area contributed by atoms with E-state index in [1.165, 1.54) is 17.0 Å². The van der Waals surface area contributed by atoms with Gasteiger partial charge >= 0.3 is 0 Å². The maximum absolute atomic E-state index is 13.7. The van der Waals surface area contributed by atoms with Crippen LogP contribution < -0.4 is 15.0 Å². The average molecular weight is 515 g/mol. The van der Waals surface area contributed by atoms with Crippen molar-refractivity contribution in [3.8, 4) is 5.75 Å². The molecule has 8 heteroatoms. The summed E-state index contributed by atoms with van der Waals surface area (Å²) in [6, 6.07) is 24.8. The number of halogens is 1. The van der Waals surface area contributed by atoms with E-state index in [2.05, 4.69) is 5.32 Å². The molecule has 5 rings (SSSR count). The van der Waals surface area contributed by atoms with Crippen LogP contribution in [0.4, 0.5) is 10.1 Å². The standard InChI is InChI=1S/C29H23FN2O4S/c1-36-23-13-8-19(9-14-23)17-31-28(33)21-10-15-27-25(16-21)32(18-20-6-11-22(30)12-7-20)29(34)24-4-2-3-5-26(24)37(27)35/h2-16H,17-18H2,1H3,(H,31,33)/t37-/m0/s1.